The van der Waals surface area contributed by atoms with E-state index in [4.69, 9.17) is 4.74 Å². The summed E-state index contributed by atoms with van der Waals surface area (Å²) >= 11 is 3.35. The maximum absolute atomic E-state index is 5.29. The molecule has 0 bridgehead atoms. The molecule has 50 valence electrons. The molecular weight excluding hydrogens is 168 g/mol. The fourth-order valence-corrected chi connectivity index (χ4v) is 1.15. The van der Waals surface area contributed by atoms with E-state index in [1.54, 1.807) is 0 Å². The molecule has 2 heteroatoms. The topological polar surface area (TPSA) is 9.23 Å². The first kappa shape index (κ1) is 8.44. The van der Waals surface area contributed by atoms with E-state index >= 15 is 0 Å². The highest BCUT2D eigenvalue weighted by atomic mass is 79.9. The van der Waals surface area contributed by atoms with E-state index in [-0.39, 0.29) is 0 Å². The SMILES string of the molecule is CCOC(CC)CBr. The highest BCUT2D eigenvalue weighted by Gasteiger charge is 1.99. The maximum Gasteiger partial charge on any atom is 0.0669 e. The van der Waals surface area contributed by atoms with Gasteiger partial charge in [-0.1, -0.05) is 22.9 Å². The zero-order chi connectivity index (χ0) is 6.41. The summed E-state index contributed by atoms with van der Waals surface area (Å²) in [6, 6.07) is 0. The molecule has 0 radical (unpaired) electrons. The maximum atomic E-state index is 5.29. The van der Waals surface area contributed by atoms with Crippen LogP contribution in [0.1, 0.15) is 20.3 Å². The van der Waals surface area contributed by atoms with Crippen LogP contribution in [-0.2, 0) is 4.74 Å². The van der Waals surface area contributed by atoms with Crippen molar-refractivity contribution in [3.05, 3.63) is 0 Å². The Bertz CT molecular complexity index is 43.8. The summed E-state index contributed by atoms with van der Waals surface area (Å²) in [5, 5.41) is 0.956. The molecule has 8 heavy (non-hydrogen) atoms. The van der Waals surface area contributed by atoms with Crippen LogP contribution in [0.3, 0.4) is 0 Å². The van der Waals surface area contributed by atoms with Crippen LogP contribution in [0.25, 0.3) is 0 Å². The molecule has 0 aliphatic carbocycles. The first-order valence-electron chi connectivity index (χ1n) is 3.02. The molecular formula is C6H13BrO. The van der Waals surface area contributed by atoms with Gasteiger partial charge in [-0.3, -0.25) is 0 Å². The number of rotatable bonds is 4. The molecule has 0 heterocycles. The molecule has 0 rings (SSSR count). The van der Waals surface area contributed by atoms with Crippen molar-refractivity contribution in [3.63, 3.8) is 0 Å². The highest BCUT2D eigenvalue weighted by Crippen LogP contribution is 2.00. The lowest BCUT2D eigenvalue weighted by Crippen LogP contribution is -2.12. The number of hydrogen-bond donors (Lipinski definition) is 0. The Kier molecular flexibility index (Phi) is 5.88. The van der Waals surface area contributed by atoms with Gasteiger partial charge >= 0.3 is 0 Å². The van der Waals surface area contributed by atoms with E-state index in [9.17, 15) is 0 Å². The quantitative estimate of drug-likeness (QED) is 0.604. The molecule has 0 aromatic rings. The summed E-state index contributed by atoms with van der Waals surface area (Å²) in [6.07, 6.45) is 1.51. The summed E-state index contributed by atoms with van der Waals surface area (Å²) in [4.78, 5) is 0. The van der Waals surface area contributed by atoms with Crippen molar-refractivity contribution < 1.29 is 4.74 Å². The molecule has 0 aromatic carbocycles. The number of ether oxygens (including phenoxy) is 1. The van der Waals surface area contributed by atoms with Gasteiger partial charge < -0.3 is 4.74 Å². The highest BCUT2D eigenvalue weighted by molar-refractivity contribution is 9.09. The Morgan fingerprint density at radius 1 is 1.50 bits per heavy atom. The van der Waals surface area contributed by atoms with E-state index in [1.807, 2.05) is 6.92 Å². The molecule has 0 amide bonds. The zero-order valence-electron chi connectivity index (χ0n) is 5.48. The van der Waals surface area contributed by atoms with Gasteiger partial charge in [-0.25, -0.2) is 0 Å². The molecule has 1 unspecified atom stereocenters. The second-order valence-corrected chi connectivity index (χ2v) is 2.29. The Morgan fingerprint density at radius 2 is 2.12 bits per heavy atom. The van der Waals surface area contributed by atoms with Crippen LogP contribution in [0.4, 0.5) is 0 Å². The summed E-state index contributed by atoms with van der Waals surface area (Å²) in [7, 11) is 0. The van der Waals surface area contributed by atoms with Crippen molar-refractivity contribution >= 4 is 15.9 Å². The Labute approximate surface area is 59.5 Å². The van der Waals surface area contributed by atoms with Crippen LogP contribution in [0.2, 0.25) is 0 Å². The molecule has 0 spiro atoms. The van der Waals surface area contributed by atoms with Crippen molar-refractivity contribution in [2.24, 2.45) is 0 Å². The number of alkyl halides is 1. The van der Waals surface area contributed by atoms with Crippen LogP contribution < -0.4 is 0 Å². The summed E-state index contributed by atoms with van der Waals surface area (Å²) in [5.41, 5.74) is 0. The van der Waals surface area contributed by atoms with E-state index < -0.39 is 0 Å². The number of hydrogen-bond acceptors (Lipinski definition) is 1. The van der Waals surface area contributed by atoms with E-state index in [1.165, 1.54) is 0 Å². The van der Waals surface area contributed by atoms with Crippen molar-refractivity contribution in [1.29, 1.82) is 0 Å². The van der Waals surface area contributed by atoms with Gasteiger partial charge in [0.25, 0.3) is 0 Å². The average molecular weight is 181 g/mol. The van der Waals surface area contributed by atoms with Crippen molar-refractivity contribution in [1.82, 2.24) is 0 Å². The van der Waals surface area contributed by atoms with Crippen molar-refractivity contribution in [2.45, 2.75) is 26.4 Å². The van der Waals surface area contributed by atoms with Gasteiger partial charge in [-0.15, -0.1) is 0 Å². The Hall–Kier alpha value is 0.440. The van der Waals surface area contributed by atoms with Gasteiger partial charge in [0.1, 0.15) is 0 Å². The monoisotopic (exact) mass is 180 g/mol. The van der Waals surface area contributed by atoms with Crippen LogP contribution in [-0.4, -0.2) is 18.0 Å². The largest absolute Gasteiger partial charge is 0.378 e. The molecule has 0 aromatic heterocycles. The third-order valence-corrected chi connectivity index (χ3v) is 1.75. The molecule has 0 saturated heterocycles. The first-order chi connectivity index (χ1) is 3.85. The van der Waals surface area contributed by atoms with Gasteiger partial charge in [0, 0.05) is 11.9 Å². The zero-order valence-corrected chi connectivity index (χ0v) is 7.07. The predicted octanol–water partition coefficient (Wildman–Crippen LogP) is 2.20. The minimum Gasteiger partial charge on any atom is -0.378 e. The van der Waals surface area contributed by atoms with Crippen molar-refractivity contribution in [3.8, 4) is 0 Å². The normalized spacial score (nSPS) is 13.9. The minimum absolute atomic E-state index is 0.417. The standard InChI is InChI=1S/C6H13BrO/c1-3-6(5-7)8-4-2/h6H,3-5H2,1-2H3. The van der Waals surface area contributed by atoms with Crippen LogP contribution in [0, 0.1) is 0 Å². The molecule has 0 saturated carbocycles. The second kappa shape index (κ2) is 5.57. The van der Waals surface area contributed by atoms with E-state index in [2.05, 4.69) is 22.9 Å². The molecule has 0 aliphatic heterocycles. The van der Waals surface area contributed by atoms with E-state index in [0.29, 0.717) is 6.10 Å². The van der Waals surface area contributed by atoms with Gasteiger partial charge in [0.05, 0.1) is 6.10 Å². The first-order valence-corrected chi connectivity index (χ1v) is 4.14. The average Bonchev–Trinajstić information content (AvgIpc) is 1.83. The smallest absolute Gasteiger partial charge is 0.0669 e. The third kappa shape index (κ3) is 3.44. The summed E-state index contributed by atoms with van der Waals surface area (Å²) in [5.74, 6) is 0. The fourth-order valence-electron chi connectivity index (χ4n) is 0.507. The molecule has 0 aliphatic rings. The molecule has 0 N–H and O–H groups in total. The predicted molar refractivity (Wildman–Crippen MR) is 39.5 cm³/mol. The third-order valence-electron chi connectivity index (χ3n) is 1.03. The van der Waals surface area contributed by atoms with Gasteiger partial charge in [0.15, 0.2) is 0 Å². The Morgan fingerprint density at radius 3 is 2.25 bits per heavy atom. The van der Waals surface area contributed by atoms with Crippen molar-refractivity contribution in [2.75, 3.05) is 11.9 Å². The minimum atomic E-state index is 0.417. The van der Waals surface area contributed by atoms with Crippen LogP contribution >= 0.6 is 15.9 Å². The van der Waals surface area contributed by atoms with Crippen LogP contribution in [0.15, 0.2) is 0 Å². The molecule has 1 nitrogen and oxygen atoms in total. The lowest BCUT2D eigenvalue weighted by molar-refractivity contribution is 0.0781. The lowest BCUT2D eigenvalue weighted by Gasteiger charge is -2.09. The van der Waals surface area contributed by atoms with Crippen LogP contribution in [0.5, 0.6) is 0 Å². The number of halogens is 1. The molecule has 0 fully saturated rings. The van der Waals surface area contributed by atoms with Gasteiger partial charge in [-0.05, 0) is 13.3 Å². The molecule has 1 atom stereocenters. The summed E-state index contributed by atoms with van der Waals surface area (Å²) < 4.78 is 5.29. The second-order valence-electron chi connectivity index (χ2n) is 1.64. The Balaban J connectivity index is 3.07. The van der Waals surface area contributed by atoms with Gasteiger partial charge in [-0.2, -0.15) is 0 Å². The lowest BCUT2D eigenvalue weighted by atomic mass is 10.3. The summed E-state index contributed by atoms with van der Waals surface area (Å²) in [6.45, 7) is 4.97. The van der Waals surface area contributed by atoms with E-state index in [0.717, 1.165) is 18.4 Å². The fraction of sp³-hybridized carbons (Fsp3) is 1.00. The van der Waals surface area contributed by atoms with Gasteiger partial charge in [0.2, 0.25) is 0 Å².